The standard InChI is InChI=1S/C13H10ClNO6/c1-19-10-5-7(8(14)6-11(10)20-2)13(16)9-3-4-12(21-9)15(17)18/h3-6H,1-2H3. The van der Waals surface area contributed by atoms with Crippen molar-refractivity contribution in [3.05, 3.63) is 50.7 Å². The Morgan fingerprint density at radius 2 is 1.86 bits per heavy atom. The molecule has 0 aliphatic heterocycles. The second kappa shape index (κ2) is 5.84. The number of carbonyl (C=O) groups is 1. The van der Waals surface area contributed by atoms with E-state index in [1.54, 1.807) is 0 Å². The van der Waals surface area contributed by atoms with Crippen molar-refractivity contribution in [2.45, 2.75) is 0 Å². The number of nitrogens with zero attached hydrogens (tertiary/aromatic N) is 1. The van der Waals surface area contributed by atoms with Crippen LogP contribution >= 0.6 is 11.6 Å². The van der Waals surface area contributed by atoms with Crippen LogP contribution in [0.5, 0.6) is 11.5 Å². The molecule has 8 heteroatoms. The molecular formula is C13H10ClNO6. The summed E-state index contributed by atoms with van der Waals surface area (Å²) in [6, 6.07) is 5.12. The van der Waals surface area contributed by atoms with Crippen LogP contribution in [0.1, 0.15) is 16.1 Å². The van der Waals surface area contributed by atoms with Gasteiger partial charge >= 0.3 is 5.88 Å². The first-order valence-electron chi connectivity index (χ1n) is 5.68. The Balaban J connectivity index is 2.44. The molecule has 0 bridgehead atoms. The zero-order valence-electron chi connectivity index (χ0n) is 11.1. The summed E-state index contributed by atoms with van der Waals surface area (Å²) in [5.74, 6) is -0.615. The van der Waals surface area contributed by atoms with Crippen molar-refractivity contribution in [2.24, 2.45) is 0 Å². The van der Waals surface area contributed by atoms with E-state index < -0.39 is 16.6 Å². The van der Waals surface area contributed by atoms with Gasteiger partial charge in [-0.2, -0.15) is 0 Å². The molecule has 0 radical (unpaired) electrons. The zero-order chi connectivity index (χ0) is 15.6. The number of halogens is 1. The van der Waals surface area contributed by atoms with Gasteiger partial charge in [0.2, 0.25) is 5.78 Å². The Hall–Kier alpha value is -2.54. The van der Waals surface area contributed by atoms with Crippen LogP contribution in [-0.2, 0) is 0 Å². The van der Waals surface area contributed by atoms with Crippen LogP contribution in [0.15, 0.2) is 28.7 Å². The highest BCUT2D eigenvalue weighted by Gasteiger charge is 2.22. The predicted molar refractivity (Wildman–Crippen MR) is 73.4 cm³/mol. The SMILES string of the molecule is COc1cc(Cl)c(C(=O)c2ccc([N+](=O)[O-])o2)cc1OC. The molecule has 1 aromatic heterocycles. The molecule has 1 aromatic carbocycles. The van der Waals surface area contributed by atoms with Crippen molar-refractivity contribution < 1.29 is 23.6 Å². The molecule has 7 nitrogen and oxygen atoms in total. The summed E-state index contributed by atoms with van der Waals surface area (Å²) in [4.78, 5) is 22.1. The number of ketones is 1. The van der Waals surface area contributed by atoms with E-state index in [-0.39, 0.29) is 16.3 Å². The number of rotatable bonds is 5. The molecule has 0 N–H and O–H groups in total. The van der Waals surface area contributed by atoms with Crippen LogP contribution < -0.4 is 9.47 Å². The summed E-state index contributed by atoms with van der Waals surface area (Å²) < 4.78 is 15.0. The largest absolute Gasteiger partial charge is 0.493 e. The molecule has 110 valence electrons. The summed E-state index contributed by atoms with van der Waals surface area (Å²) in [7, 11) is 2.85. The van der Waals surface area contributed by atoms with Gasteiger partial charge in [0.1, 0.15) is 4.92 Å². The van der Waals surface area contributed by atoms with E-state index in [9.17, 15) is 14.9 Å². The Bertz CT molecular complexity index is 709. The van der Waals surface area contributed by atoms with Gasteiger partial charge < -0.3 is 13.9 Å². The van der Waals surface area contributed by atoms with Gasteiger partial charge in [-0.1, -0.05) is 11.6 Å². The molecule has 0 atom stereocenters. The van der Waals surface area contributed by atoms with Gasteiger partial charge in [0, 0.05) is 11.6 Å². The van der Waals surface area contributed by atoms with Crippen LogP contribution in [0.2, 0.25) is 5.02 Å². The number of methoxy groups -OCH3 is 2. The van der Waals surface area contributed by atoms with Gasteiger partial charge in [0.25, 0.3) is 0 Å². The van der Waals surface area contributed by atoms with Gasteiger partial charge in [-0.3, -0.25) is 14.9 Å². The van der Waals surface area contributed by atoms with Gasteiger partial charge in [0.05, 0.1) is 25.3 Å². The minimum Gasteiger partial charge on any atom is -0.493 e. The number of ether oxygens (including phenoxy) is 2. The molecule has 21 heavy (non-hydrogen) atoms. The zero-order valence-corrected chi connectivity index (χ0v) is 11.8. The lowest BCUT2D eigenvalue weighted by Crippen LogP contribution is -2.02. The smallest absolute Gasteiger partial charge is 0.433 e. The fourth-order valence-electron chi connectivity index (χ4n) is 1.71. The third-order valence-corrected chi connectivity index (χ3v) is 3.03. The highest BCUT2D eigenvalue weighted by Crippen LogP contribution is 2.34. The van der Waals surface area contributed by atoms with E-state index in [1.807, 2.05) is 0 Å². The maximum Gasteiger partial charge on any atom is 0.433 e. The molecule has 0 fully saturated rings. The summed E-state index contributed by atoms with van der Waals surface area (Å²) in [6.45, 7) is 0. The third-order valence-electron chi connectivity index (χ3n) is 2.71. The lowest BCUT2D eigenvalue weighted by Gasteiger charge is -2.10. The molecule has 0 aliphatic rings. The van der Waals surface area contributed by atoms with Crippen LogP contribution in [0, 0.1) is 10.1 Å². The minimum absolute atomic E-state index is 0.0959. The van der Waals surface area contributed by atoms with Crippen LogP contribution in [0.3, 0.4) is 0 Å². The van der Waals surface area contributed by atoms with Crippen molar-refractivity contribution in [1.82, 2.24) is 0 Å². The van der Waals surface area contributed by atoms with Crippen LogP contribution in [0.25, 0.3) is 0 Å². The van der Waals surface area contributed by atoms with Crippen molar-refractivity contribution in [3.63, 3.8) is 0 Å². The first kappa shape index (κ1) is 14.9. The quantitative estimate of drug-likeness (QED) is 0.478. The van der Waals surface area contributed by atoms with E-state index in [2.05, 4.69) is 0 Å². The number of benzene rings is 1. The molecule has 0 amide bonds. The Morgan fingerprint density at radius 1 is 1.24 bits per heavy atom. The van der Waals surface area contributed by atoms with E-state index in [4.69, 9.17) is 25.5 Å². The van der Waals surface area contributed by atoms with E-state index in [0.717, 1.165) is 6.07 Å². The Labute approximate surface area is 124 Å². The van der Waals surface area contributed by atoms with E-state index in [1.165, 1.54) is 32.4 Å². The fourth-order valence-corrected chi connectivity index (χ4v) is 1.95. The molecule has 0 spiro atoms. The number of hydrogen-bond acceptors (Lipinski definition) is 6. The number of furan rings is 1. The molecule has 0 saturated heterocycles. The maximum atomic E-state index is 12.3. The highest BCUT2D eigenvalue weighted by molar-refractivity contribution is 6.35. The van der Waals surface area contributed by atoms with E-state index >= 15 is 0 Å². The minimum atomic E-state index is -0.729. The first-order valence-corrected chi connectivity index (χ1v) is 6.06. The Morgan fingerprint density at radius 3 is 2.38 bits per heavy atom. The van der Waals surface area contributed by atoms with Crippen molar-refractivity contribution >= 4 is 23.3 Å². The molecule has 0 saturated carbocycles. The normalized spacial score (nSPS) is 10.2. The third kappa shape index (κ3) is 2.82. The van der Waals surface area contributed by atoms with Crippen molar-refractivity contribution in [1.29, 1.82) is 0 Å². The first-order chi connectivity index (χ1) is 9.97. The molecule has 2 rings (SSSR count). The lowest BCUT2D eigenvalue weighted by atomic mass is 10.1. The topological polar surface area (TPSA) is 91.8 Å². The van der Waals surface area contributed by atoms with Crippen molar-refractivity contribution in [2.75, 3.05) is 14.2 Å². The Kier molecular flexibility index (Phi) is 4.13. The number of carbonyl (C=O) groups excluding carboxylic acids is 1. The summed E-state index contributed by atoms with van der Waals surface area (Å²) in [6.07, 6.45) is 0. The molecule has 0 aliphatic carbocycles. The second-order valence-corrected chi connectivity index (χ2v) is 4.32. The summed E-state index contributed by atoms with van der Waals surface area (Å²) >= 11 is 6.02. The van der Waals surface area contributed by atoms with Crippen LogP contribution in [0.4, 0.5) is 5.88 Å². The molecule has 0 unspecified atom stereocenters. The van der Waals surface area contributed by atoms with Crippen molar-refractivity contribution in [3.8, 4) is 11.5 Å². The van der Waals surface area contributed by atoms with Gasteiger partial charge in [-0.05, 0) is 12.1 Å². The molecule has 2 aromatic rings. The maximum absolute atomic E-state index is 12.3. The number of nitro groups is 1. The molecular weight excluding hydrogens is 302 g/mol. The predicted octanol–water partition coefficient (Wildman–Crippen LogP) is 3.09. The van der Waals surface area contributed by atoms with Crippen LogP contribution in [-0.4, -0.2) is 24.9 Å². The van der Waals surface area contributed by atoms with E-state index in [0.29, 0.717) is 11.5 Å². The average molecular weight is 312 g/mol. The highest BCUT2D eigenvalue weighted by atomic mass is 35.5. The number of hydrogen-bond donors (Lipinski definition) is 0. The molecule has 1 heterocycles. The summed E-state index contributed by atoms with van der Waals surface area (Å²) in [5.41, 5.74) is 0.0959. The summed E-state index contributed by atoms with van der Waals surface area (Å²) in [5, 5.41) is 10.7. The van der Waals surface area contributed by atoms with Gasteiger partial charge in [-0.25, -0.2) is 0 Å². The monoisotopic (exact) mass is 311 g/mol. The average Bonchev–Trinajstić information content (AvgIpc) is 2.96. The fraction of sp³-hybridized carbons (Fsp3) is 0.154. The van der Waals surface area contributed by atoms with Gasteiger partial charge in [0.15, 0.2) is 17.3 Å². The second-order valence-electron chi connectivity index (χ2n) is 3.91. The van der Waals surface area contributed by atoms with Gasteiger partial charge in [-0.15, -0.1) is 0 Å². The lowest BCUT2D eigenvalue weighted by molar-refractivity contribution is -0.402.